The Bertz CT molecular complexity index is 983. The number of nitrogens with zero attached hydrogens (tertiary/aromatic N) is 1. The van der Waals surface area contributed by atoms with Crippen LogP contribution in [0.1, 0.15) is 43.6 Å². The van der Waals surface area contributed by atoms with E-state index in [1.165, 1.54) is 28.6 Å². The van der Waals surface area contributed by atoms with Crippen molar-refractivity contribution in [2.24, 2.45) is 0 Å². The van der Waals surface area contributed by atoms with Crippen molar-refractivity contribution >= 4 is 27.6 Å². The van der Waals surface area contributed by atoms with E-state index in [1.54, 1.807) is 26.0 Å². The molecule has 168 valence electrons. The van der Waals surface area contributed by atoms with Gasteiger partial charge in [0.15, 0.2) is 0 Å². The van der Waals surface area contributed by atoms with Gasteiger partial charge < -0.3 is 16.0 Å². The molecule has 0 atom stereocenters. The van der Waals surface area contributed by atoms with E-state index in [1.807, 2.05) is 26.0 Å². The normalized spacial score (nSPS) is 11.4. The van der Waals surface area contributed by atoms with Crippen LogP contribution in [0.5, 0.6) is 0 Å². The highest BCUT2D eigenvalue weighted by Crippen LogP contribution is 2.16. The Labute approximate surface area is 184 Å². The second kappa shape index (κ2) is 10.9. The molecule has 0 heterocycles. The highest BCUT2D eigenvalue weighted by Gasteiger charge is 2.21. The molecule has 0 aliphatic carbocycles. The van der Waals surface area contributed by atoms with Gasteiger partial charge in [0.05, 0.1) is 4.90 Å². The minimum absolute atomic E-state index is 0.0425. The molecule has 0 aromatic heterocycles. The summed E-state index contributed by atoms with van der Waals surface area (Å²) in [5, 5.41) is 8.28. The van der Waals surface area contributed by atoms with Crippen molar-refractivity contribution in [1.29, 1.82) is 0 Å². The number of rotatable bonds is 9. The summed E-state index contributed by atoms with van der Waals surface area (Å²) in [5.41, 5.74) is 1.89. The van der Waals surface area contributed by atoms with Crippen molar-refractivity contribution in [3.8, 4) is 0 Å². The quantitative estimate of drug-likeness (QED) is 0.550. The topological polar surface area (TPSA) is 108 Å². The summed E-state index contributed by atoms with van der Waals surface area (Å²) in [5.74, 6) is -0.301. The van der Waals surface area contributed by atoms with Crippen LogP contribution in [0.2, 0.25) is 0 Å². The van der Waals surface area contributed by atoms with Crippen molar-refractivity contribution in [3.63, 3.8) is 0 Å². The van der Waals surface area contributed by atoms with E-state index < -0.39 is 10.0 Å². The number of anilines is 1. The van der Waals surface area contributed by atoms with Crippen LogP contribution in [0.3, 0.4) is 0 Å². The standard InChI is InChI=1S/C22H30N4O4S/c1-5-26(6-2)31(29,30)20-13-9-18(10-14-20)21(27)23-15-17-7-11-19(12-8-17)25-22(28)24-16(3)4/h7-14,16H,5-6,15H2,1-4H3,(H,23,27)(H2,24,25,28). The molecule has 9 heteroatoms. The molecule has 0 spiro atoms. The van der Waals surface area contributed by atoms with Gasteiger partial charge in [0, 0.05) is 36.9 Å². The van der Waals surface area contributed by atoms with Crippen LogP contribution >= 0.6 is 0 Å². The minimum Gasteiger partial charge on any atom is -0.348 e. The smallest absolute Gasteiger partial charge is 0.319 e. The number of carbonyl (C=O) groups excluding carboxylic acids is 2. The highest BCUT2D eigenvalue weighted by molar-refractivity contribution is 7.89. The third-order valence-electron chi connectivity index (χ3n) is 4.54. The third kappa shape index (κ3) is 6.80. The van der Waals surface area contributed by atoms with E-state index in [0.717, 1.165) is 5.56 Å². The fraction of sp³-hybridized carbons (Fsp3) is 0.364. The molecule has 8 nitrogen and oxygen atoms in total. The average Bonchev–Trinajstić information content (AvgIpc) is 2.73. The summed E-state index contributed by atoms with van der Waals surface area (Å²) in [4.78, 5) is 24.3. The molecule has 0 radical (unpaired) electrons. The molecule has 0 aliphatic heterocycles. The zero-order chi connectivity index (χ0) is 23.0. The molecule has 3 N–H and O–H groups in total. The molecule has 0 saturated heterocycles. The molecule has 0 unspecified atom stereocenters. The Morgan fingerprint density at radius 2 is 1.52 bits per heavy atom. The van der Waals surface area contributed by atoms with Gasteiger partial charge >= 0.3 is 6.03 Å². The minimum atomic E-state index is -3.55. The van der Waals surface area contributed by atoms with E-state index in [9.17, 15) is 18.0 Å². The van der Waals surface area contributed by atoms with Crippen LogP contribution in [-0.4, -0.2) is 43.8 Å². The SMILES string of the molecule is CCN(CC)S(=O)(=O)c1ccc(C(=O)NCc2ccc(NC(=O)NC(C)C)cc2)cc1. The number of sulfonamides is 1. The molecule has 0 aliphatic rings. The Kier molecular flexibility index (Phi) is 8.58. The second-order valence-corrected chi connectivity index (χ2v) is 9.18. The van der Waals surface area contributed by atoms with Crippen LogP contribution in [0.4, 0.5) is 10.5 Å². The molecular weight excluding hydrogens is 416 g/mol. The number of carbonyl (C=O) groups is 2. The summed E-state index contributed by atoms with van der Waals surface area (Å²) in [6, 6.07) is 12.8. The maximum absolute atomic E-state index is 12.5. The Morgan fingerprint density at radius 3 is 2.03 bits per heavy atom. The van der Waals surface area contributed by atoms with Gasteiger partial charge in [-0.3, -0.25) is 4.79 Å². The molecule has 2 aromatic rings. The van der Waals surface area contributed by atoms with Gasteiger partial charge in [-0.25, -0.2) is 13.2 Å². The van der Waals surface area contributed by atoms with Crippen LogP contribution < -0.4 is 16.0 Å². The van der Waals surface area contributed by atoms with E-state index in [0.29, 0.717) is 30.9 Å². The predicted molar refractivity (Wildman–Crippen MR) is 121 cm³/mol. The van der Waals surface area contributed by atoms with E-state index in [-0.39, 0.29) is 22.9 Å². The van der Waals surface area contributed by atoms with E-state index in [4.69, 9.17) is 0 Å². The molecule has 31 heavy (non-hydrogen) atoms. The maximum Gasteiger partial charge on any atom is 0.319 e. The first kappa shape index (κ1) is 24.4. The molecule has 0 saturated carbocycles. The lowest BCUT2D eigenvalue weighted by molar-refractivity contribution is 0.0950. The molecule has 0 bridgehead atoms. The fourth-order valence-corrected chi connectivity index (χ4v) is 4.37. The largest absolute Gasteiger partial charge is 0.348 e. The number of hydrogen-bond donors (Lipinski definition) is 3. The first-order valence-electron chi connectivity index (χ1n) is 10.2. The molecule has 2 aromatic carbocycles. The van der Waals surface area contributed by atoms with Gasteiger partial charge in [-0.1, -0.05) is 26.0 Å². The van der Waals surface area contributed by atoms with Crippen molar-refractivity contribution in [2.45, 2.75) is 45.2 Å². The second-order valence-electron chi connectivity index (χ2n) is 7.25. The van der Waals surface area contributed by atoms with E-state index in [2.05, 4.69) is 16.0 Å². The Hall–Kier alpha value is -2.91. The number of benzene rings is 2. The van der Waals surface area contributed by atoms with Crippen LogP contribution in [0.25, 0.3) is 0 Å². The van der Waals surface area contributed by atoms with Gasteiger partial charge in [-0.2, -0.15) is 4.31 Å². The Morgan fingerprint density at radius 1 is 0.935 bits per heavy atom. The zero-order valence-corrected chi connectivity index (χ0v) is 19.1. The van der Waals surface area contributed by atoms with Crippen molar-refractivity contribution < 1.29 is 18.0 Å². The van der Waals surface area contributed by atoms with Crippen LogP contribution in [0, 0.1) is 0 Å². The first-order chi connectivity index (χ1) is 14.7. The van der Waals surface area contributed by atoms with Crippen molar-refractivity contribution in [2.75, 3.05) is 18.4 Å². The lowest BCUT2D eigenvalue weighted by atomic mass is 10.2. The summed E-state index contributed by atoms with van der Waals surface area (Å²) < 4.78 is 26.4. The molecule has 3 amide bonds. The Balaban J connectivity index is 1.95. The summed E-state index contributed by atoms with van der Waals surface area (Å²) in [6.07, 6.45) is 0. The number of amides is 3. The first-order valence-corrected chi connectivity index (χ1v) is 11.7. The molecule has 2 rings (SSSR count). The fourth-order valence-electron chi connectivity index (χ4n) is 2.91. The number of hydrogen-bond acceptors (Lipinski definition) is 4. The van der Waals surface area contributed by atoms with Crippen LogP contribution in [-0.2, 0) is 16.6 Å². The summed E-state index contributed by atoms with van der Waals surface area (Å²) >= 11 is 0. The zero-order valence-electron chi connectivity index (χ0n) is 18.3. The molecular formula is C22H30N4O4S. The predicted octanol–water partition coefficient (Wildman–Crippen LogP) is 3.18. The highest BCUT2D eigenvalue weighted by atomic mass is 32.2. The summed E-state index contributed by atoms with van der Waals surface area (Å²) in [6.45, 7) is 8.40. The average molecular weight is 447 g/mol. The summed E-state index contributed by atoms with van der Waals surface area (Å²) in [7, 11) is -3.55. The van der Waals surface area contributed by atoms with Gasteiger partial charge in [0.25, 0.3) is 5.91 Å². The monoisotopic (exact) mass is 446 g/mol. The van der Waals surface area contributed by atoms with Gasteiger partial charge in [-0.05, 0) is 55.8 Å². The lowest BCUT2D eigenvalue weighted by Crippen LogP contribution is -2.34. The lowest BCUT2D eigenvalue weighted by Gasteiger charge is -2.18. The number of urea groups is 1. The maximum atomic E-state index is 12.5. The van der Waals surface area contributed by atoms with Crippen molar-refractivity contribution in [3.05, 3.63) is 59.7 Å². The van der Waals surface area contributed by atoms with Crippen molar-refractivity contribution in [1.82, 2.24) is 14.9 Å². The molecule has 0 fully saturated rings. The number of nitrogens with one attached hydrogen (secondary N) is 3. The van der Waals surface area contributed by atoms with Gasteiger partial charge in [0.2, 0.25) is 10.0 Å². The van der Waals surface area contributed by atoms with Gasteiger partial charge in [0.1, 0.15) is 0 Å². The van der Waals surface area contributed by atoms with Gasteiger partial charge in [-0.15, -0.1) is 0 Å². The van der Waals surface area contributed by atoms with E-state index >= 15 is 0 Å². The third-order valence-corrected chi connectivity index (χ3v) is 6.61. The van der Waals surface area contributed by atoms with Crippen LogP contribution in [0.15, 0.2) is 53.4 Å².